The van der Waals surface area contributed by atoms with E-state index in [0.717, 1.165) is 64.2 Å². The summed E-state index contributed by atoms with van der Waals surface area (Å²) in [5, 5.41) is 0. The average molecular weight is 873 g/mol. The zero-order chi connectivity index (χ0) is 45.1. The van der Waals surface area contributed by atoms with Crippen LogP contribution in [0.4, 0.5) is 0 Å². The Kier molecular flexibility index (Phi) is 49.8. The van der Waals surface area contributed by atoms with Gasteiger partial charge in [-0.25, -0.2) is 0 Å². The Morgan fingerprint density at radius 2 is 0.581 bits per heavy atom. The molecule has 0 radical (unpaired) electrons. The number of hydrogen-bond donors (Lipinski definition) is 0. The van der Waals surface area contributed by atoms with Crippen molar-refractivity contribution in [3.8, 4) is 0 Å². The molecule has 0 aliphatic rings. The summed E-state index contributed by atoms with van der Waals surface area (Å²) >= 11 is 0. The first-order chi connectivity index (χ1) is 30.5. The van der Waals surface area contributed by atoms with E-state index in [1.165, 1.54) is 193 Å². The van der Waals surface area contributed by atoms with Gasteiger partial charge in [-0.05, 0) is 51.4 Å². The maximum Gasteiger partial charge on any atom is 0.306 e. The lowest BCUT2D eigenvalue weighted by Crippen LogP contribution is -2.30. The van der Waals surface area contributed by atoms with Crippen molar-refractivity contribution >= 4 is 17.9 Å². The van der Waals surface area contributed by atoms with E-state index in [0.29, 0.717) is 19.3 Å². The molecule has 0 spiro atoms. The third-order valence-electron chi connectivity index (χ3n) is 12.2. The Bertz CT molecular complexity index is 1000. The summed E-state index contributed by atoms with van der Waals surface area (Å²) in [6, 6.07) is 0. The largest absolute Gasteiger partial charge is 0.462 e. The van der Waals surface area contributed by atoms with Crippen LogP contribution in [0.2, 0.25) is 0 Å². The van der Waals surface area contributed by atoms with Gasteiger partial charge < -0.3 is 14.2 Å². The zero-order valence-corrected chi connectivity index (χ0v) is 41.7. The van der Waals surface area contributed by atoms with Crippen LogP contribution in [0.25, 0.3) is 0 Å². The van der Waals surface area contributed by atoms with Crippen molar-refractivity contribution in [2.75, 3.05) is 13.2 Å². The summed E-state index contributed by atoms with van der Waals surface area (Å²) in [5.41, 5.74) is 0. The van der Waals surface area contributed by atoms with Crippen LogP contribution in [0.1, 0.15) is 297 Å². The maximum atomic E-state index is 12.8. The van der Waals surface area contributed by atoms with Crippen molar-refractivity contribution in [3.05, 3.63) is 24.3 Å². The molecule has 0 amide bonds. The SMILES string of the molecule is CCCCC/C=C\C/C=C\CCCCCCCCCCCC(=O)OC[C@@H](COC(=O)CCCCCCCCCCCC)OC(=O)CCCCCCCCCCCCCCCCC. The minimum Gasteiger partial charge on any atom is -0.462 e. The second-order valence-corrected chi connectivity index (χ2v) is 18.5. The predicted octanol–water partition coefficient (Wildman–Crippen LogP) is 17.9. The highest BCUT2D eigenvalue weighted by molar-refractivity contribution is 5.71. The smallest absolute Gasteiger partial charge is 0.306 e. The lowest BCUT2D eigenvalue weighted by molar-refractivity contribution is -0.167. The number of carbonyl (C=O) groups is 3. The monoisotopic (exact) mass is 873 g/mol. The molecule has 0 fully saturated rings. The number of allylic oxidation sites excluding steroid dienone is 4. The highest BCUT2D eigenvalue weighted by Crippen LogP contribution is 2.16. The van der Waals surface area contributed by atoms with Gasteiger partial charge in [-0.1, -0.05) is 251 Å². The minimum absolute atomic E-state index is 0.0674. The van der Waals surface area contributed by atoms with Gasteiger partial charge in [-0.2, -0.15) is 0 Å². The van der Waals surface area contributed by atoms with Gasteiger partial charge in [0, 0.05) is 19.3 Å². The highest BCUT2D eigenvalue weighted by atomic mass is 16.6. The van der Waals surface area contributed by atoms with E-state index in [9.17, 15) is 14.4 Å². The Labute approximate surface area is 385 Å². The topological polar surface area (TPSA) is 78.9 Å². The fourth-order valence-corrected chi connectivity index (χ4v) is 8.06. The first-order valence-corrected chi connectivity index (χ1v) is 27.3. The van der Waals surface area contributed by atoms with Gasteiger partial charge in [0.1, 0.15) is 13.2 Å². The highest BCUT2D eigenvalue weighted by Gasteiger charge is 2.19. The third-order valence-corrected chi connectivity index (χ3v) is 12.2. The number of rotatable bonds is 50. The molecule has 0 aromatic carbocycles. The van der Waals surface area contributed by atoms with Crippen molar-refractivity contribution in [1.82, 2.24) is 0 Å². The molecule has 0 N–H and O–H groups in total. The number of ether oxygens (including phenoxy) is 3. The van der Waals surface area contributed by atoms with Crippen molar-refractivity contribution in [2.45, 2.75) is 303 Å². The molecule has 364 valence electrons. The molecule has 0 rings (SSSR count). The second kappa shape index (κ2) is 51.5. The summed E-state index contributed by atoms with van der Waals surface area (Å²) in [7, 11) is 0. The van der Waals surface area contributed by atoms with E-state index in [4.69, 9.17) is 14.2 Å². The fraction of sp³-hybridized carbons (Fsp3) is 0.875. The molecule has 6 nitrogen and oxygen atoms in total. The second-order valence-electron chi connectivity index (χ2n) is 18.5. The van der Waals surface area contributed by atoms with Crippen LogP contribution in [-0.2, 0) is 28.6 Å². The van der Waals surface area contributed by atoms with Gasteiger partial charge in [0.05, 0.1) is 0 Å². The Morgan fingerprint density at radius 1 is 0.323 bits per heavy atom. The zero-order valence-electron chi connectivity index (χ0n) is 41.7. The van der Waals surface area contributed by atoms with Crippen LogP contribution >= 0.6 is 0 Å². The lowest BCUT2D eigenvalue weighted by atomic mass is 10.0. The molecule has 0 bridgehead atoms. The molecule has 0 aliphatic heterocycles. The van der Waals surface area contributed by atoms with E-state index >= 15 is 0 Å². The molecule has 1 atom stereocenters. The van der Waals surface area contributed by atoms with Gasteiger partial charge in [0.15, 0.2) is 6.10 Å². The first kappa shape index (κ1) is 59.9. The fourth-order valence-electron chi connectivity index (χ4n) is 8.06. The molecule has 6 heteroatoms. The summed E-state index contributed by atoms with van der Waals surface area (Å²) in [4.78, 5) is 38.0. The van der Waals surface area contributed by atoms with Gasteiger partial charge >= 0.3 is 17.9 Å². The molecule has 0 saturated heterocycles. The van der Waals surface area contributed by atoms with E-state index in [1.807, 2.05) is 0 Å². The summed E-state index contributed by atoms with van der Waals surface area (Å²) in [5.74, 6) is -0.856. The van der Waals surface area contributed by atoms with Gasteiger partial charge in [-0.3, -0.25) is 14.4 Å². The quantitative estimate of drug-likeness (QED) is 0.0262. The maximum absolute atomic E-state index is 12.8. The number of carbonyl (C=O) groups excluding carboxylic acids is 3. The number of hydrogen-bond acceptors (Lipinski definition) is 6. The molecule has 62 heavy (non-hydrogen) atoms. The molecular weight excluding hydrogens is 769 g/mol. The normalized spacial score (nSPS) is 12.1. The van der Waals surface area contributed by atoms with Crippen LogP contribution in [0, 0.1) is 0 Å². The van der Waals surface area contributed by atoms with E-state index < -0.39 is 6.10 Å². The van der Waals surface area contributed by atoms with Crippen molar-refractivity contribution in [3.63, 3.8) is 0 Å². The molecule has 0 unspecified atom stereocenters. The number of unbranched alkanes of at least 4 members (excludes halogenated alkanes) is 35. The van der Waals surface area contributed by atoms with E-state index in [-0.39, 0.29) is 31.1 Å². The molecule has 0 aliphatic carbocycles. The van der Waals surface area contributed by atoms with Crippen molar-refractivity contribution in [2.24, 2.45) is 0 Å². The third kappa shape index (κ3) is 48.9. The number of esters is 3. The molecule has 0 aromatic rings. The van der Waals surface area contributed by atoms with Crippen LogP contribution in [0.15, 0.2) is 24.3 Å². The van der Waals surface area contributed by atoms with Crippen LogP contribution in [0.5, 0.6) is 0 Å². The summed E-state index contributed by atoms with van der Waals surface area (Å²) in [6.45, 7) is 6.64. The summed E-state index contributed by atoms with van der Waals surface area (Å²) < 4.78 is 16.8. The Morgan fingerprint density at radius 3 is 0.919 bits per heavy atom. The Balaban J connectivity index is 4.28. The molecule has 0 aromatic heterocycles. The molecule has 0 saturated carbocycles. The van der Waals surface area contributed by atoms with E-state index in [2.05, 4.69) is 45.1 Å². The molecular formula is C56H104O6. The lowest BCUT2D eigenvalue weighted by Gasteiger charge is -2.18. The van der Waals surface area contributed by atoms with Crippen LogP contribution in [0.3, 0.4) is 0 Å². The van der Waals surface area contributed by atoms with Crippen LogP contribution in [-0.4, -0.2) is 37.2 Å². The first-order valence-electron chi connectivity index (χ1n) is 27.3. The van der Waals surface area contributed by atoms with Gasteiger partial charge in [0.2, 0.25) is 0 Å². The standard InChI is InChI=1S/C56H104O6/c1-4-7-10-13-16-19-22-24-26-27-28-29-31-32-34-37-40-43-46-49-55(58)61-52-53(51-60-54(57)48-45-42-39-36-21-18-15-12-9-6-3)62-56(59)50-47-44-41-38-35-33-30-25-23-20-17-14-11-8-5-2/h16,19,24,26,53H,4-15,17-18,20-23,25,27-52H2,1-3H3/b19-16-,26-24-/t53-/m1/s1. The van der Waals surface area contributed by atoms with Crippen molar-refractivity contribution in [1.29, 1.82) is 0 Å². The van der Waals surface area contributed by atoms with Gasteiger partial charge in [0.25, 0.3) is 0 Å². The average Bonchev–Trinajstić information content (AvgIpc) is 3.27. The molecule has 0 heterocycles. The Hall–Kier alpha value is -2.11. The predicted molar refractivity (Wildman–Crippen MR) is 266 cm³/mol. The van der Waals surface area contributed by atoms with Crippen molar-refractivity contribution < 1.29 is 28.6 Å². The van der Waals surface area contributed by atoms with Gasteiger partial charge in [-0.15, -0.1) is 0 Å². The minimum atomic E-state index is -0.766. The van der Waals surface area contributed by atoms with Crippen LogP contribution < -0.4 is 0 Å². The van der Waals surface area contributed by atoms with E-state index in [1.54, 1.807) is 0 Å². The summed E-state index contributed by atoms with van der Waals surface area (Å²) in [6.07, 6.45) is 58.8.